The molecule has 1 amide bonds. The maximum Gasteiger partial charge on any atom is 0.586 e. The summed E-state index contributed by atoms with van der Waals surface area (Å²) in [6.45, 7) is 0.656. The van der Waals surface area contributed by atoms with Gasteiger partial charge in [-0.2, -0.15) is 9.57 Å². The van der Waals surface area contributed by atoms with Crippen molar-refractivity contribution < 1.29 is 31.5 Å². The molecule has 0 saturated carbocycles. The van der Waals surface area contributed by atoms with Crippen LogP contribution in [0.25, 0.3) is 0 Å². The van der Waals surface area contributed by atoms with Crippen LogP contribution in [-0.4, -0.2) is 44.6 Å². The SMILES string of the molecule is N#Cc1ccc(S(=O)(=O)N2CCCC3(CCN(c4ccc5c(c4)OC(F)(F)O5)C3=O)C2)cc1. The molecule has 0 radical (unpaired) electrons. The van der Waals surface area contributed by atoms with E-state index in [0.29, 0.717) is 37.1 Å². The number of benzene rings is 2. The van der Waals surface area contributed by atoms with Crippen molar-refractivity contribution in [1.82, 2.24) is 4.31 Å². The zero-order chi connectivity index (χ0) is 23.4. The zero-order valence-corrected chi connectivity index (χ0v) is 18.1. The molecule has 2 saturated heterocycles. The van der Waals surface area contributed by atoms with Crippen molar-refractivity contribution in [2.45, 2.75) is 30.5 Å². The van der Waals surface area contributed by atoms with Gasteiger partial charge in [0.25, 0.3) is 0 Å². The lowest BCUT2D eigenvalue weighted by atomic mass is 9.79. The van der Waals surface area contributed by atoms with Crippen LogP contribution in [0.15, 0.2) is 47.4 Å². The number of halogens is 2. The van der Waals surface area contributed by atoms with E-state index >= 15 is 0 Å². The Morgan fingerprint density at radius 2 is 1.73 bits per heavy atom. The molecule has 2 aromatic carbocycles. The van der Waals surface area contributed by atoms with Crippen LogP contribution in [0.4, 0.5) is 14.5 Å². The molecule has 1 unspecified atom stereocenters. The van der Waals surface area contributed by atoms with Gasteiger partial charge < -0.3 is 14.4 Å². The summed E-state index contributed by atoms with van der Waals surface area (Å²) < 4.78 is 63.3. The van der Waals surface area contributed by atoms with Gasteiger partial charge in [-0.05, 0) is 55.7 Å². The lowest BCUT2D eigenvalue weighted by Crippen LogP contribution is -2.49. The first-order chi connectivity index (χ1) is 15.6. The van der Waals surface area contributed by atoms with Crippen molar-refractivity contribution in [2.24, 2.45) is 5.41 Å². The molecule has 2 fully saturated rings. The molecule has 0 aliphatic carbocycles. The summed E-state index contributed by atoms with van der Waals surface area (Å²) in [6, 6.07) is 11.8. The summed E-state index contributed by atoms with van der Waals surface area (Å²) in [5.74, 6) is -0.504. The Bertz CT molecular complexity index is 1280. The third kappa shape index (κ3) is 3.59. The number of ether oxygens (including phenoxy) is 2. The minimum Gasteiger partial charge on any atom is -0.395 e. The molecule has 1 atom stereocenters. The molecule has 2 aromatic rings. The van der Waals surface area contributed by atoms with Gasteiger partial charge in [0.2, 0.25) is 15.9 Å². The predicted octanol–water partition coefficient (Wildman–Crippen LogP) is 3.09. The quantitative estimate of drug-likeness (QED) is 0.677. The number of carbonyl (C=O) groups is 1. The van der Waals surface area contributed by atoms with Crippen LogP contribution in [0, 0.1) is 16.7 Å². The predicted molar refractivity (Wildman–Crippen MR) is 111 cm³/mol. The van der Waals surface area contributed by atoms with Crippen molar-refractivity contribution >= 4 is 21.6 Å². The number of hydrogen-bond donors (Lipinski definition) is 0. The fourth-order valence-electron chi connectivity index (χ4n) is 4.70. The molecule has 5 rings (SSSR count). The van der Waals surface area contributed by atoms with E-state index in [1.807, 2.05) is 6.07 Å². The minimum atomic E-state index is -3.84. The first-order valence-corrected chi connectivity index (χ1v) is 11.8. The summed E-state index contributed by atoms with van der Waals surface area (Å²) in [5, 5.41) is 8.94. The average Bonchev–Trinajstić information content (AvgIpc) is 3.28. The molecule has 0 N–H and O–H groups in total. The molecule has 33 heavy (non-hydrogen) atoms. The van der Waals surface area contributed by atoms with Gasteiger partial charge in [-0.1, -0.05) is 0 Å². The van der Waals surface area contributed by atoms with E-state index in [0.717, 1.165) is 0 Å². The molecule has 3 aliphatic heterocycles. The summed E-state index contributed by atoms with van der Waals surface area (Å²) in [4.78, 5) is 15.0. The Balaban J connectivity index is 1.38. The van der Waals surface area contributed by atoms with E-state index in [9.17, 15) is 22.0 Å². The Kier molecular flexibility index (Phi) is 4.84. The summed E-state index contributed by atoms with van der Waals surface area (Å²) in [7, 11) is -3.84. The number of alkyl halides is 2. The number of amides is 1. The lowest BCUT2D eigenvalue weighted by Gasteiger charge is -2.38. The smallest absolute Gasteiger partial charge is 0.395 e. The number of carbonyl (C=O) groups excluding carboxylic acids is 1. The number of sulfonamides is 1. The molecule has 0 aromatic heterocycles. The van der Waals surface area contributed by atoms with Gasteiger partial charge >= 0.3 is 6.29 Å². The van der Waals surface area contributed by atoms with Crippen molar-refractivity contribution in [2.75, 3.05) is 24.5 Å². The van der Waals surface area contributed by atoms with Gasteiger partial charge in [0.15, 0.2) is 11.5 Å². The third-order valence-corrected chi connectivity index (χ3v) is 8.23. The second-order valence-electron chi connectivity index (χ2n) is 8.36. The molecule has 11 heteroatoms. The number of nitriles is 1. The van der Waals surface area contributed by atoms with Crippen molar-refractivity contribution in [1.29, 1.82) is 5.26 Å². The van der Waals surface area contributed by atoms with E-state index in [4.69, 9.17) is 5.26 Å². The van der Waals surface area contributed by atoms with E-state index in [1.54, 1.807) is 0 Å². The minimum absolute atomic E-state index is 0.0350. The Morgan fingerprint density at radius 1 is 1.00 bits per heavy atom. The first-order valence-electron chi connectivity index (χ1n) is 10.4. The Morgan fingerprint density at radius 3 is 2.45 bits per heavy atom. The van der Waals surface area contributed by atoms with Gasteiger partial charge in [0, 0.05) is 31.4 Å². The maximum absolute atomic E-state index is 13.5. The fraction of sp³-hybridized carbons (Fsp3) is 0.364. The van der Waals surface area contributed by atoms with Gasteiger partial charge in [0.1, 0.15) is 0 Å². The second-order valence-corrected chi connectivity index (χ2v) is 10.3. The summed E-state index contributed by atoms with van der Waals surface area (Å²) >= 11 is 0. The van der Waals surface area contributed by atoms with Crippen LogP contribution in [0.3, 0.4) is 0 Å². The first kappa shape index (κ1) is 21.6. The van der Waals surface area contributed by atoms with E-state index < -0.39 is 21.7 Å². The number of fused-ring (bicyclic) bond motifs is 1. The van der Waals surface area contributed by atoms with Crippen LogP contribution in [-0.2, 0) is 14.8 Å². The van der Waals surface area contributed by atoms with Crippen LogP contribution in [0.1, 0.15) is 24.8 Å². The maximum atomic E-state index is 13.5. The lowest BCUT2D eigenvalue weighted by molar-refractivity contribution is -0.286. The standard InChI is InChI=1S/C22H19F2N3O5S/c23-22(24)31-18-7-4-16(12-19(18)32-22)27-11-9-21(20(27)28)8-1-10-26(14-21)33(29,30)17-5-2-15(13-25)3-6-17/h2-7,12H,1,8-11,14H2. The Hall–Kier alpha value is -3.23. The van der Waals surface area contributed by atoms with Gasteiger partial charge in [0.05, 0.1) is 21.9 Å². The summed E-state index contributed by atoms with van der Waals surface area (Å²) in [5.41, 5.74) is -0.144. The molecule has 3 aliphatic rings. The molecular formula is C22H19F2N3O5S. The Labute approximate surface area is 189 Å². The molecule has 3 heterocycles. The van der Waals surface area contributed by atoms with Crippen LogP contribution >= 0.6 is 0 Å². The monoisotopic (exact) mass is 475 g/mol. The van der Waals surface area contributed by atoms with E-state index in [2.05, 4.69) is 9.47 Å². The fourth-order valence-corrected chi connectivity index (χ4v) is 6.26. The highest BCUT2D eigenvalue weighted by Gasteiger charge is 2.51. The molecule has 0 bridgehead atoms. The van der Waals surface area contributed by atoms with Crippen LogP contribution in [0.2, 0.25) is 0 Å². The normalized spacial score (nSPS) is 24.3. The highest BCUT2D eigenvalue weighted by molar-refractivity contribution is 7.89. The molecule has 8 nitrogen and oxygen atoms in total. The van der Waals surface area contributed by atoms with Gasteiger partial charge in [-0.15, -0.1) is 8.78 Å². The van der Waals surface area contributed by atoms with Gasteiger partial charge in [-0.25, -0.2) is 8.42 Å². The van der Waals surface area contributed by atoms with E-state index in [-0.39, 0.29) is 35.4 Å². The van der Waals surface area contributed by atoms with Crippen LogP contribution < -0.4 is 14.4 Å². The van der Waals surface area contributed by atoms with Crippen molar-refractivity contribution in [3.05, 3.63) is 48.0 Å². The molecule has 1 spiro atoms. The zero-order valence-electron chi connectivity index (χ0n) is 17.3. The molecular weight excluding hydrogens is 456 g/mol. The van der Waals surface area contributed by atoms with Crippen molar-refractivity contribution in [3.63, 3.8) is 0 Å². The number of nitrogens with zero attached hydrogens (tertiary/aromatic N) is 3. The average molecular weight is 475 g/mol. The number of piperidine rings is 1. The molecule has 172 valence electrons. The third-order valence-electron chi connectivity index (χ3n) is 6.37. The number of rotatable bonds is 3. The van der Waals surface area contributed by atoms with Crippen molar-refractivity contribution in [3.8, 4) is 17.6 Å². The topological polar surface area (TPSA) is 99.9 Å². The number of hydrogen-bond acceptors (Lipinski definition) is 6. The number of anilines is 1. The summed E-state index contributed by atoms with van der Waals surface area (Å²) in [6.07, 6.45) is -2.26. The van der Waals surface area contributed by atoms with E-state index in [1.165, 1.54) is 51.7 Å². The highest BCUT2D eigenvalue weighted by Crippen LogP contribution is 2.46. The second kappa shape index (κ2) is 7.40. The van der Waals surface area contributed by atoms with Crippen LogP contribution in [0.5, 0.6) is 11.5 Å². The largest absolute Gasteiger partial charge is 0.586 e. The van der Waals surface area contributed by atoms with Gasteiger partial charge in [-0.3, -0.25) is 4.79 Å². The highest BCUT2D eigenvalue weighted by atomic mass is 32.2.